The molecule has 1 rings (SSSR count). The number of hydrogen-bond acceptors (Lipinski definition) is 3. The van der Waals surface area contributed by atoms with Crippen LogP contribution in [-0.2, 0) is 11.3 Å². The number of hydrogen-bond donors (Lipinski definition) is 2. The molecule has 0 spiro atoms. The van der Waals surface area contributed by atoms with Crippen molar-refractivity contribution in [2.45, 2.75) is 45.4 Å². The zero-order chi connectivity index (χ0) is 12.0. The van der Waals surface area contributed by atoms with E-state index in [1.165, 1.54) is 0 Å². The van der Waals surface area contributed by atoms with Gasteiger partial charge in [-0.05, 0) is 26.3 Å². The number of aromatic nitrogens is 2. The molecule has 0 radical (unpaired) electrons. The summed E-state index contributed by atoms with van der Waals surface area (Å²) in [5, 5.41) is 16.0. The van der Waals surface area contributed by atoms with Crippen LogP contribution < -0.4 is 5.32 Å². The van der Waals surface area contributed by atoms with Gasteiger partial charge in [-0.1, -0.05) is 0 Å². The van der Waals surface area contributed by atoms with Gasteiger partial charge in [0.25, 0.3) is 0 Å². The van der Waals surface area contributed by atoms with Gasteiger partial charge in [-0.25, -0.2) is 0 Å². The lowest BCUT2D eigenvalue weighted by Gasteiger charge is -2.14. The Balaban J connectivity index is 2.23. The topological polar surface area (TPSA) is 67.2 Å². The SMILES string of the molecule is CC(O)CCC(=O)NC(C)Cn1cccn1. The smallest absolute Gasteiger partial charge is 0.220 e. The fourth-order valence-electron chi connectivity index (χ4n) is 1.42. The van der Waals surface area contributed by atoms with Gasteiger partial charge in [-0.2, -0.15) is 5.10 Å². The van der Waals surface area contributed by atoms with Crippen LogP contribution in [0.1, 0.15) is 26.7 Å². The molecule has 0 aromatic carbocycles. The Labute approximate surface area is 95.5 Å². The third kappa shape index (κ3) is 4.93. The largest absolute Gasteiger partial charge is 0.393 e. The number of aliphatic hydroxyl groups excluding tert-OH is 1. The third-order valence-electron chi connectivity index (χ3n) is 2.22. The van der Waals surface area contributed by atoms with Crippen LogP contribution in [0, 0.1) is 0 Å². The van der Waals surface area contributed by atoms with Crippen molar-refractivity contribution in [1.82, 2.24) is 15.1 Å². The van der Waals surface area contributed by atoms with E-state index in [9.17, 15) is 4.79 Å². The van der Waals surface area contributed by atoms with Crippen LogP contribution in [0.3, 0.4) is 0 Å². The van der Waals surface area contributed by atoms with Gasteiger partial charge in [0.2, 0.25) is 5.91 Å². The molecule has 5 nitrogen and oxygen atoms in total. The van der Waals surface area contributed by atoms with Crippen molar-refractivity contribution in [2.24, 2.45) is 0 Å². The van der Waals surface area contributed by atoms with Crippen LogP contribution in [0.5, 0.6) is 0 Å². The zero-order valence-electron chi connectivity index (χ0n) is 9.76. The maximum Gasteiger partial charge on any atom is 0.220 e. The summed E-state index contributed by atoms with van der Waals surface area (Å²) in [5.41, 5.74) is 0. The molecule has 16 heavy (non-hydrogen) atoms. The van der Waals surface area contributed by atoms with Crippen LogP contribution in [0.4, 0.5) is 0 Å². The van der Waals surface area contributed by atoms with Crippen molar-refractivity contribution in [3.8, 4) is 0 Å². The highest BCUT2D eigenvalue weighted by Crippen LogP contribution is 1.97. The van der Waals surface area contributed by atoms with Crippen LogP contribution >= 0.6 is 0 Å². The summed E-state index contributed by atoms with van der Waals surface area (Å²) in [4.78, 5) is 11.4. The molecule has 0 aliphatic carbocycles. The van der Waals surface area contributed by atoms with E-state index < -0.39 is 6.10 Å². The maximum absolute atomic E-state index is 11.4. The lowest BCUT2D eigenvalue weighted by atomic mass is 10.2. The number of rotatable bonds is 6. The van der Waals surface area contributed by atoms with Crippen LogP contribution in [0.15, 0.2) is 18.5 Å². The van der Waals surface area contributed by atoms with Crippen molar-refractivity contribution in [1.29, 1.82) is 0 Å². The highest BCUT2D eigenvalue weighted by molar-refractivity contribution is 5.76. The van der Waals surface area contributed by atoms with Gasteiger partial charge in [-0.15, -0.1) is 0 Å². The Kier molecular flexibility index (Phi) is 4.98. The molecule has 1 heterocycles. The average molecular weight is 225 g/mol. The molecule has 0 bridgehead atoms. The molecular formula is C11H19N3O2. The first-order valence-corrected chi connectivity index (χ1v) is 5.53. The fraction of sp³-hybridized carbons (Fsp3) is 0.636. The summed E-state index contributed by atoms with van der Waals surface area (Å²) in [6.45, 7) is 4.27. The molecule has 0 fully saturated rings. The molecule has 1 aromatic heterocycles. The minimum Gasteiger partial charge on any atom is -0.393 e. The summed E-state index contributed by atoms with van der Waals surface area (Å²) in [7, 11) is 0. The standard InChI is InChI=1S/C11H19N3O2/c1-9(8-14-7-3-6-12-14)13-11(16)5-4-10(2)15/h3,6-7,9-10,15H,4-5,8H2,1-2H3,(H,13,16). The molecule has 1 aromatic rings. The molecule has 1 amide bonds. The second kappa shape index (κ2) is 6.27. The first-order chi connectivity index (χ1) is 7.58. The van der Waals surface area contributed by atoms with Gasteiger partial charge in [-0.3, -0.25) is 9.48 Å². The molecule has 0 saturated carbocycles. The Hall–Kier alpha value is -1.36. The molecule has 0 aliphatic rings. The molecule has 90 valence electrons. The minimum atomic E-state index is -0.424. The second-order valence-corrected chi connectivity index (χ2v) is 4.08. The first kappa shape index (κ1) is 12.7. The summed E-state index contributed by atoms with van der Waals surface area (Å²) < 4.78 is 1.78. The lowest BCUT2D eigenvalue weighted by molar-refractivity contribution is -0.122. The van der Waals surface area contributed by atoms with Gasteiger partial charge in [0.15, 0.2) is 0 Å². The summed E-state index contributed by atoms with van der Waals surface area (Å²) >= 11 is 0. The average Bonchev–Trinajstić information content (AvgIpc) is 2.67. The first-order valence-electron chi connectivity index (χ1n) is 5.53. The molecule has 5 heteroatoms. The van der Waals surface area contributed by atoms with E-state index in [0.29, 0.717) is 19.4 Å². The molecule has 0 aliphatic heterocycles. The number of nitrogens with one attached hydrogen (secondary N) is 1. The molecule has 2 unspecified atom stereocenters. The number of carbonyl (C=O) groups excluding carboxylic acids is 1. The van der Waals surface area contributed by atoms with Gasteiger partial charge in [0, 0.05) is 24.9 Å². The van der Waals surface area contributed by atoms with Gasteiger partial charge in [0.1, 0.15) is 0 Å². The number of carbonyl (C=O) groups is 1. The summed E-state index contributed by atoms with van der Waals surface area (Å²) in [6, 6.07) is 1.89. The Morgan fingerprint density at radius 3 is 2.88 bits per heavy atom. The van der Waals surface area contributed by atoms with Crippen molar-refractivity contribution in [2.75, 3.05) is 0 Å². The molecule has 2 N–H and O–H groups in total. The zero-order valence-corrected chi connectivity index (χ0v) is 9.76. The Morgan fingerprint density at radius 1 is 1.56 bits per heavy atom. The number of nitrogens with zero attached hydrogens (tertiary/aromatic N) is 2. The Bertz CT molecular complexity index is 309. The van der Waals surface area contributed by atoms with Crippen molar-refractivity contribution in [3.05, 3.63) is 18.5 Å². The van der Waals surface area contributed by atoms with Gasteiger partial charge in [0.05, 0.1) is 12.6 Å². The maximum atomic E-state index is 11.4. The summed E-state index contributed by atoms with van der Waals surface area (Å²) in [6.07, 6.45) is 4.01. The third-order valence-corrected chi connectivity index (χ3v) is 2.22. The predicted molar refractivity (Wildman–Crippen MR) is 60.7 cm³/mol. The van der Waals surface area contributed by atoms with Crippen LogP contribution in [0.2, 0.25) is 0 Å². The highest BCUT2D eigenvalue weighted by atomic mass is 16.3. The molecule has 0 saturated heterocycles. The minimum absolute atomic E-state index is 0.0273. The normalized spacial score (nSPS) is 14.4. The molecule has 2 atom stereocenters. The van der Waals surface area contributed by atoms with Gasteiger partial charge >= 0.3 is 0 Å². The van der Waals surface area contributed by atoms with E-state index in [0.717, 1.165) is 0 Å². The highest BCUT2D eigenvalue weighted by Gasteiger charge is 2.08. The lowest BCUT2D eigenvalue weighted by Crippen LogP contribution is -2.36. The fourth-order valence-corrected chi connectivity index (χ4v) is 1.42. The van der Waals surface area contributed by atoms with Crippen LogP contribution in [0.25, 0.3) is 0 Å². The van der Waals surface area contributed by atoms with E-state index in [4.69, 9.17) is 5.11 Å². The van der Waals surface area contributed by atoms with E-state index in [1.807, 2.05) is 19.2 Å². The Morgan fingerprint density at radius 2 is 2.31 bits per heavy atom. The monoisotopic (exact) mass is 225 g/mol. The molecular weight excluding hydrogens is 206 g/mol. The van der Waals surface area contributed by atoms with Gasteiger partial charge < -0.3 is 10.4 Å². The van der Waals surface area contributed by atoms with E-state index >= 15 is 0 Å². The number of amides is 1. The summed E-state index contributed by atoms with van der Waals surface area (Å²) in [5.74, 6) is -0.0273. The second-order valence-electron chi connectivity index (χ2n) is 4.08. The van der Waals surface area contributed by atoms with E-state index in [1.54, 1.807) is 17.8 Å². The van der Waals surface area contributed by atoms with Crippen molar-refractivity contribution in [3.63, 3.8) is 0 Å². The predicted octanol–water partition coefficient (Wildman–Crippen LogP) is 0.549. The quantitative estimate of drug-likeness (QED) is 0.743. The van der Waals surface area contributed by atoms with E-state index in [2.05, 4.69) is 10.4 Å². The van der Waals surface area contributed by atoms with Crippen LogP contribution in [-0.4, -0.2) is 32.9 Å². The van der Waals surface area contributed by atoms with Crippen molar-refractivity contribution >= 4 is 5.91 Å². The van der Waals surface area contributed by atoms with E-state index in [-0.39, 0.29) is 11.9 Å². The number of aliphatic hydroxyl groups is 1. The van der Waals surface area contributed by atoms with Crippen molar-refractivity contribution < 1.29 is 9.90 Å².